The zero-order valence-corrected chi connectivity index (χ0v) is 13.4. The fourth-order valence-electron chi connectivity index (χ4n) is 2.07. The molecule has 1 amide bonds. The number of carbonyl (C=O) groups is 1. The van der Waals surface area contributed by atoms with Gasteiger partial charge in [0.25, 0.3) is 0 Å². The number of carbonyl (C=O) groups excluding carboxylic acids is 1. The smallest absolute Gasteiger partial charge is 0.407 e. The Kier molecular flexibility index (Phi) is 7.42. The molecule has 1 unspecified atom stereocenters. The molecule has 0 rings (SSSR count). The lowest BCUT2D eigenvalue weighted by Gasteiger charge is -2.31. The lowest BCUT2D eigenvalue weighted by atomic mass is 9.79. The molecule has 0 bridgehead atoms. The van der Waals surface area contributed by atoms with Crippen molar-refractivity contribution in [2.45, 2.75) is 66.4 Å². The summed E-state index contributed by atoms with van der Waals surface area (Å²) in [7, 11) is 0. The van der Waals surface area contributed by atoms with Crippen LogP contribution >= 0.6 is 0 Å². The zero-order valence-electron chi connectivity index (χ0n) is 13.4. The molecule has 0 aromatic rings. The van der Waals surface area contributed by atoms with Crippen molar-refractivity contribution in [1.82, 2.24) is 5.32 Å². The van der Waals surface area contributed by atoms with Gasteiger partial charge in [-0.25, -0.2) is 4.79 Å². The van der Waals surface area contributed by atoms with E-state index in [4.69, 9.17) is 4.74 Å². The third-order valence-electron chi connectivity index (χ3n) is 3.38. The number of ether oxygens (including phenoxy) is 1. The molecule has 4 nitrogen and oxygen atoms in total. The first-order chi connectivity index (χ1) is 8.65. The molecule has 0 saturated carbocycles. The summed E-state index contributed by atoms with van der Waals surface area (Å²) in [5.74, 6) is 0.581. The van der Waals surface area contributed by atoms with Gasteiger partial charge in [-0.1, -0.05) is 33.6 Å². The van der Waals surface area contributed by atoms with Crippen molar-refractivity contribution in [2.24, 2.45) is 11.3 Å². The van der Waals surface area contributed by atoms with Crippen molar-refractivity contribution < 1.29 is 14.6 Å². The van der Waals surface area contributed by atoms with Gasteiger partial charge in [-0.15, -0.1) is 0 Å². The third kappa shape index (κ3) is 8.09. The topological polar surface area (TPSA) is 58.6 Å². The van der Waals surface area contributed by atoms with E-state index in [1.807, 2.05) is 27.7 Å². The normalized spacial score (nSPS) is 15.2. The van der Waals surface area contributed by atoms with E-state index >= 15 is 0 Å². The number of nitrogens with one attached hydrogen (secondary N) is 1. The molecule has 0 aliphatic heterocycles. The van der Waals surface area contributed by atoms with Gasteiger partial charge in [0.15, 0.2) is 0 Å². The first-order valence-electron chi connectivity index (χ1n) is 7.23. The summed E-state index contributed by atoms with van der Waals surface area (Å²) in [6, 6.07) is 0. The molecule has 0 fully saturated rings. The highest BCUT2D eigenvalue weighted by Crippen LogP contribution is 2.28. The third-order valence-corrected chi connectivity index (χ3v) is 3.38. The molecule has 0 heterocycles. The molecule has 0 spiro atoms. The van der Waals surface area contributed by atoms with Crippen LogP contribution in [0.2, 0.25) is 0 Å². The minimum atomic E-state index is -0.491. The van der Waals surface area contributed by atoms with Crippen LogP contribution in [0, 0.1) is 11.3 Å². The Bertz CT molecular complexity index is 269. The molecule has 1 atom stereocenters. The molecule has 19 heavy (non-hydrogen) atoms. The summed E-state index contributed by atoms with van der Waals surface area (Å²) in [5, 5.41) is 12.3. The van der Waals surface area contributed by atoms with Crippen LogP contribution in [0.4, 0.5) is 4.79 Å². The average molecular weight is 273 g/mol. The lowest BCUT2D eigenvalue weighted by Crippen LogP contribution is -2.41. The molecule has 0 saturated heterocycles. The maximum absolute atomic E-state index is 11.6. The van der Waals surface area contributed by atoms with Gasteiger partial charge in [0.05, 0.1) is 6.61 Å². The number of rotatable bonds is 7. The molecule has 2 N–H and O–H groups in total. The summed E-state index contributed by atoms with van der Waals surface area (Å²) in [6.45, 7) is 12.3. The quantitative estimate of drug-likeness (QED) is 0.748. The number of alkyl carbamates (subject to hydrolysis) is 1. The molecular weight excluding hydrogens is 242 g/mol. The van der Waals surface area contributed by atoms with Gasteiger partial charge in [-0.05, 0) is 33.1 Å². The second kappa shape index (κ2) is 7.73. The Morgan fingerprint density at radius 3 is 2.11 bits per heavy atom. The Labute approximate surface area is 117 Å². The SMILES string of the molecule is CCC(CC)CC(C)(CO)CNC(=O)OC(C)(C)C. The number of hydrogen-bond acceptors (Lipinski definition) is 3. The summed E-state index contributed by atoms with van der Waals surface area (Å²) in [4.78, 5) is 11.6. The van der Waals surface area contributed by atoms with E-state index in [1.54, 1.807) is 0 Å². The van der Waals surface area contributed by atoms with E-state index in [0.717, 1.165) is 19.3 Å². The standard InChI is InChI=1S/C15H31NO3/c1-7-12(8-2)9-15(6,11-17)10-16-13(18)19-14(3,4)5/h12,17H,7-11H2,1-6H3,(H,16,18). The second-order valence-electron chi connectivity index (χ2n) is 6.71. The molecule has 0 aliphatic rings. The lowest BCUT2D eigenvalue weighted by molar-refractivity contribution is 0.0456. The van der Waals surface area contributed by atoms with Crippen molar-refractivity contribution in [3.05, 3.63) is 0 Å². The molecular formula is C15H31NO3. The number of hydrogen-bond donors (Lipinski definition) is 2. The van der Waals surface area contributed by atoms with E-state index in [-0.39, 0.29) is 12.0 Å². The summed E-state index contributed by atoms with van der Waals surface area (Å²) >= 11 is 0. The fourth-order valence-corrected chi connectivity index (χ4v) is 2.07. The van der Waals surface area contributed by atoms with E-state index < -0.39 is 11.7 Å². The highest BCUT2D eigenvalue weighted by molar-refractivity contribution is 5.67. The predicted molar refractivity (Wildman–Crippen MR) is 78.1 cm³/mol. The molecule has 0 aromatic heterocycles. The minimum absolute atomic E-state index is 0.0687. The van der Waals surface area contributed by atoms with Crippen LogP contribution < -0.4 is 5.32 Å². The van der Waals surface area contributed by atoms with E-state index in [1.165, 1.54) is 0 Å². The van der Waals surface area contributed by atoms with Gasteiger partial charge in [0.1, 0.15) is 5.60 Å². The van der Waals surface area contributed by atoms with Gasteiger partial charge in [0.2, 0.25) is 0 Å². The monoisotopic (exact) mass is 273 g/mol. The van der Waals surface area contributed by atoms with Crippen molar-refractivity contribution in [3.8, 4) is 0 Å². The van der Waals surface area contributed by atoms with Crippen molar-refractivity contribution >= 4 is 6.09 Å². The van der Waals surface area contributed by atoms with Crippen LogP contribution in [0.25, 0.3) is 0 Å². The summed E-state index contributed by atoms with van der Waals surface area (Å²) < 4.78 is 5.20. The van der Waals surface area contributed by atoms with Gasteiger partial charge >= 0.3 is 6.09 Å². The summed E-state index contributed by atoms with van der Waals surface area (Å²) in [6.07, 6.45) is 2.68. The van der Waals surface area contributed by atoms with E-state index in [0.29, 0.717) is 12.5 Å². The van der Waals surface area contributed by atoms with Crippen molar-refractivity contribution in [3.63, 3.8) is 0 Å². The van der Waals surface area contributed by atoms with Crippen LogP contribution in [0.15, 0.2) is 0 Å². The highest BCUT2D eigenvalue weighted by Gasteiger charge is 2.28. The predicted octanol–water partition coefficient (Wildman–Crippen LogP) is 3.34. The van der Waals surface area contributed by atoms with E-state index in [9.17, 15) is 9.90 Å². The van der Waals surface area contributed by atoms with E-state index in [2.05, 4.69) is 19.2 Å². The average Bonchev–Trinajstić information content (AvgIpc) is 2.31. The highest BCUT2D eigenvalue weighted by atomic mass is 16.6. The van der Waals surface area contributed by atoms with Crippen molar-refractivity contribution in [1.29, 1.82) is 0 Å². The Hall–Kier alpha value is -0.770. The summed E-state index contributed by atoms with van der Waals surface area (Å²) in [5.41, 5.74) is -0.775. The Balaban J connectivity index is 4.35. The van der Waals surface area contributed by atoms with Gasteiger partial charge in [-0.2, -0.15) is 0 Å². The Morgan fingerprint density at radius 1 is 1.21 bits per heavy atom. The maximum Gasteiger partial charge on any atom is 0.407 e. The second-order valence-corrected chi connectivity index (χ2v) is 6.71. The molecule has 4 heteroatoms. The molecule has 0 radical (unpaired) electrons. The first kappa shape index (κ1) is 18.2. The Morgan fingerprint density at radius 2 is 1.74 bits per heavy atom. The van der Waals surface area contributed by atoms with Crippen LogP contribution in [0.1, 0.15) is 60.8 Å². The number of aliphatic hydroxyl groups excluding tert-OH is 1. The van der Waals surface area contributed by atoms with Gasteiger partial charge in [-0.3, -0.25) is 0 Å². The fraction of sp³-hybridized carbons (Fsp3) is 0.933. The van der Waals surface area contributed by atoms with Gasteiger partial charge < -0.3 is 15.2 Å². The number of aliphatic hydroxyl groups is 1. The first-order valence-corrected chi connectivity index (χ1v) is 7.23. The zero-order chi connectivity index (χ0) is 15.1. The molecule has 0 aliphatic carbocycles. The minimum Gasteiger partial charge on any atom is -0.444 e. The largest absolute Gasteiger partial charge is 0.444 e. The molecule has 114 valence electrons. The van der Waals surface area contributed by atoms with Gasteiger partial charge in [0, 0.05) is 12.0 Å². The van der Waals surface area contributed by atoms with Crippen LogP contribution in [0.3, 0.4) is 0 Å². The van der Waals surface area contributed by atoms with Crippen LogP contribution in [-0.2, 0) is 4.74 Å². The number of amides is 1. The molecule has 0 aromatic carbocycles. The van der Waals surface area contributed by atoms with Crippen LogP contribution in [0.5, 0.6) is 0 Å². The maximum atomic E-state index is 11.6. The van der Waals surface area contributed by atoms with Crippen LogP contribution in [-0.4, -0.2) is 30.0 Å². The van der Waals surface area contributed by atoms with Crippen molar-refractivity contribution in [2.75, 3.05) is 13.2 Å².